The van der Waals surface area contributed by atoms with Crippen LogP contribution in [0.1, 0.15) is 33.3 Å². The predicted molar refractivity (Wildman–Crippen MR) is 71.4 cm³/mol. The summed E-state index contributed by atoms with van der Waals surface area (Å²) in [5, 5.41) is 3.42. The summed E-state index contributed by atoms with van der Waals surface area (Å²) in [4.78, 5) is 4.20. The van der Waals surface area contributed by atoms with Gasteiger partial charge in [-0.1, -0.05) is 13.8 Å². The summed E-state index contributed by atoms with van der Waals surface area (Å²) in [5.41, 5.74) is 1.22. The molecule has 0 radical (unpaired) electrons. The highest BCUT2D eigenvalue weighted by atomic mass is 16.5. The van der Waals surface area contributed by atoms with Crippen LogP contribution >= 0.6 is 0 Å². The summed E-state index contributed by atoms with van der Waals surface area (Å²) < 4.78 is 5.62. The Kier molecular flexibility index (Phi) is 5.98. The fraction of sp³-hybridized carbons (Fsp3) is 0.643. The maximum absolute atomic E-state index is 5.62. The third-order valence-electron chi connectivity index (χ3n) is 2.28. The Balaban J connectivity index is 2.37. The highest BCUT2D eigenvalue weighted by molar-refractivity contribution is 5.23. The van der Waals surface area contributed by atoms with E-state index in [2.05, 4.69) is 30.2 Å². The van der Waals surface area contributed by atoms with Gasteiger partial charge in [0.2, 0.25) is 0 Å². The van der Waals surface area contributed by atoms with Gasteiger partial charge >= 0.3 is 0 Å². The zero-order valence-corrected chi connectivity index (χ0v) is 11.4. The third kappa shape index (κ3) is 6.27. The first-order chi connectivity index (χ1) is 8.08. The average molecular weight is 236 g/mol. The molecule has 1 aromatic heterocycles. The minimum absolute atomic E-state index is 0.200. The van der Waals surface area contributed by atoms with Crippen LogP contribution in [0.3, 0.4) is 0 Å². The largest absolute Gasteiger partial charge is 0.489 e. The zero-order chi connectivity index (χ0) is 12.7. The fourth-order valence-electron chi connectivity index (χ4n) is 1.56. The highest BCUT2D eigenvalue weighted by Crippen LogP contribution is 2.13. The second-order valence-electron chi connectivity index (χ2n) is 5.04. The Morgan fingerprint density at radius 1 is 1.24 bits per heavy atom. The molecule has 1 aromatic rings. The van der Waals surface area contributed by atoms with Crippen LogP contribution in [-0.2, 0) is 6.42 Å². The molecule has 0 aliphatic heterocycles. The minimum atomic E-state index is 0.200. The van der Waals surface area contributed by atoms with E-state index in [9.17, 15) is 0 Å². The van der Waals surface area contributed by atoms with Gasteiger partial charge in [0.1, 0.15) is 5.75 Å². The van der Waals surface area contributed by atoms with Gasteiger partial charge in [0, 0.05) is 6.20 Å². The van der Waals surface area contributed by atoms with Crippen LogP contribution in [0.4, 0.5) is 0 Å². The van der Waals surface area contributed by atoms with E-state index >= 15 is 0 Å². The molecule has 0 saturated carbocycles. The molecule has 3 heteroatoms. The quantitative estimate of drug-likeness (QED) is 0.739. The van der Waals surface area contributed by atoms with Crippen LogP contribution < -0.4 is 10.1 Å². The number of rotatable bonds is 7. The normalized spacial score (nSPS) is 11.2. The molecule has 0 atom stereocenters. The van der Waals surface area contributed by atoms with E-state index < -0.39 is 0 Å². The third-order valence-corrected chi connectivity index (χ3v) is 2.28. The number of aromatic nitrogens is 1. The van der Waals surface area contributed by atoms with Crippen molar-refractivity contribution in [2.45, 2.75) is 40.2 Å². The van der Waals surface area contributed by atoms with Crippen molar-refractivity contribution in [1.29, 1.82) is 0 Å². The van der Waals surface area contributed by atoms with Crippen molar-refractivity contribution in [3.8, 4) is 5.75 Å². The molecule has 0 aromatic carbocycles. The molecule has 1 rings (SSSR count). The van der Waals surface area contributed by atoms with E-state index in [1.165, 1.54) is 5.56 Å². The van der Waals surface area contributed by atoms with Crippen molar-refractivity contribution in [3.05, 3.63) is 24.0 Å². The number of nitrogens with one attached hydrogen (secondary N) is 1. The molecule has 0 unspecified atom stereocenters. The van der Waals surface area contributed by atoms with Gasteiger partial charge in [0.05, 0.1) is 12.3 Å². The molecule has 1 heterocycles. The first kappa shape index (κ1) is 14.0. The van der Waals surface area contributed by atoms with Crippen LogP contribution in [0.25, 0.3) is 0 Å². The lowest BCUT2D eigenvalue weighted by Crippen LogP contribution is -2.22. The van der Waals surface area contributed by atoms with Crippen molar-refractivity contribution >= 4 is 0 Å². The van der Waals surface area contributed by atoms with Gasteiger partial charge < -0.3 is 10.1 Å². The standard InChI is InChI=1S/C14H24N2O/c1-11(2)8-15-6-5-13-7-14(10-16-9-13)17-12(3)4/h7,9-12,15H,5-6,8H2,1-4H3. The Bertz CT molecular complexity index is 324. The molecule has 0 bridgehead atoms. The van der Waals surface area contributed by atoms with Crippen molar-refractivity contribution in [2.24, 2.45) is 5.92 Å². The number of hydrogen-bond donors (Lipinski definition) is 1. The molecule has 3 nitrogen and oxygen atoms in total. The monoisotopic (exact) mass is 236 g/mol. The summed E-state index contributed by atoms with van der Waals surface area (Å²) in [6, 6.07) is 2.07. The van der Waals surface area contributed by atoms with E-state index in [1.54, 1.807) is 6.20 Å². The average Bonchev–Trinajstić information content (AvgIpc) is 2.24. The summed E-state index contributed by atoms with van der Waals surface area (Å²) in [5.74, 6) is 1.56. The SMILES string of the molecule is CC(C)CNCCc1cncc(OC(C)C)c1. The van der Waals surface area contributed by atoms with Crippen LogP contribution in [0.15, 0.2) is 18.5 Å². The van der Waals surface area contributed by atoms with E-state index in [0.717, 1.165) is 25.3 Å². The molecule has 0 spiro atoms. The lowest BCUT2D eigenvalue weighted by Gasteiger charge is -2.11. The van der Waals surface area contributed by atoms with Gasteiger partial charge in [-0.3, -0.25) is 4.98 Å². The van der Waals surface area contributed by atoms with E-state index in [0.29, 0.717) is 5.92 Å². The van der Waals surface area contributed by atoms with Gasteiger partial charge in [-0.05, 0) is 50.9 Å². The van der Waals surface area contributed by atoms with Crippen molar-refractivity contribution in [1.82, 2.24) is 10.3 Å². The lowest BCUT2D eigenvalue weighted by molar-refractivity contribution is 0.241. The van der Waals surface area contributed by atoms with Crippen molar-refractivity contribution < 1.29 is 4.74 Å². The van der Waals surface area contributed by atoms with Crippen LogP contribution in [0, 0.1) is 5.92 Å². The molecule has 17 heavy (non-hydrogen) atoms. The zero-order valence-electron chi connectivity index (χ0n) is 11.4. The van der Waals surface area contributed by atoms with E-state index in [4.69, 9.17) is 4.74 Å². The molecule has 96 valence electrons. The Morgan fingerprint density at radius 2 is 2.00 bits per heavy atom. The molecule has 1 N–H and O–H groups in total. The van der Waals surface area contributed by atoms with Crippen LogP contribution in [0.5, 0.6) is 5.75 Å². The second kappa shape index (κ2) is 7.28. The van der Waals surface area contributed by atoms with Crippen LogP contribution in [-0.4, -0.2) is 24.2 Å². The number of hydrogen-bond acceptors (Lipinski definition) is 3. The fourth-order valence-corrected chi connectivity index (χ4v) is 1.56. The first-order valence-corrected chi connectivity index (χ1v) is 6.39. The Morgan fingerprint density at radius 3 is 2.65 bits per heavy atom. The first-order valence-electron chi connectivity index (χ1n) is 6.39. The van der Waals surface area contributed by atoms with Gasteiger partial charge in [-0.25, -0.2) is 0 Å². The van der Waals surface area contributed by atoms with E-state index in [1.807, 2.05) is 20.0 Å². The Labute approximate surface area is 105 Å². The number of ether oxygens (including phenoxy) is 1. The molecule has 0 aliphatic carbocycles. The lowest BCUT2D eigenvalue weighted by atomic mass is 10.2. The molecular formula is C14H24N2O. The summed E-state index contributed by atoms with van der Waals surface area (Å²) in [7, 11) is 0. The van der Waals surface area contributed by atoms with Crippen molar-refractivity contribution in [3.63, 3.8) is 0 Å². The molecule has 0 fully saturated rings. The topological polar surface area (TPSA) is 34.2 Å². The van der Waals surface area contributed by atoms with Gasteiger partial charge in [-0.2, -0.15) is 0 Å². The van der Waals surface area contributed by atoms with Crippen LogP contribution in [0.2, 0.25) is 0 Å². The van der Waals surface area contributed by atoms with Gasteiger partial charge in [0.15, 0.2) is 0 Å². The van der Waals surface area contributed by atoms with Crippen molar-refractivity contribution in [2.75, 3.05) is 13.1 Å². The highest BCUT2D eigenvalue weighted by Gasteiger charge is 2.00. The number of pyridine rings is 1. The molecular weight excluding hydrogens is 212 g/mol. The smallest absolute Gasteiger partial charge is 0.138 e. The number of nitrogens with zero attached hydrogens (tertiary/aromatic N) is 1. The molecule has 0 aliphatic rings. The Hall–Kier alpha value is -1.09. The summed E-state index contributed by atoms with van der Waals surface area (Å²) in [6.45, 7) is 10.5. The second-order valence-corrected chi connectivity index (χ2v) is 5.04. The summed E-state index contributed by atoms with van der Waals surface area (Å²) >= 11 is 0. The molecule has 0 amide bonds. The summed E-state index contributed by atoms with van der Waals surface area (Å²) in [6.07, 6.45) is 4.87. The maximum atomic E-state index is 5.62. The maximum Gasteiger partial charge on any atom is 0.138 e. The molecule has 0 saturated heterocycles. The predicted octanol–water partition coefficient (Wildman–Crippen LogP) is 2.66. The minimum Gasteiger partial charge on any atom is -0.489 e. The van der Waals surface area contributed by atoms with Gasteiger partial charge in [0.25, 0.3) is 0 Å². The van der Waals surface area contributed by atoms with E-state index in [-0.39, 0.29) is 6.10 Å². The van der Waals surface area contributed by atoms with Gasteiger partial charge in [-0.15, -0.1) is 0 Å².